The molecular formula is C11H17ClN2O2S. The van der Waals surface area contributed by atoms with Crippen molar-refractivity contribution in [1.29, 1.82) is 0 Å². The van der Waals surface area contributed by atoms with Gasteiger partial charge in [0.1, 0.15) is 4.71 Å². The predicted octanol–water partition coefficient (Wildman–Crippen LogP) is 3.15. The van der Waals surface area contributed by atoms with Crippen LogP contribution in [0.5, 0.6) is 0 Å². The van der Waals surface area contributed by atoms with Crippen molar-refractivity contribution < 1.29 is 9.59 Å². The van der Waals surface area contributed by atoms with Gasteiger partial charge in [-0.05, 0) is 31.5 Å². The first kappa shape index (κ1) is 13.0. The highest BCUT2D eigenvalue weighted by molar-refractivity contribution is 8.15. The van der Waals surface area contributed by atoms with Gasteiger partial charge < -0.3 is 5.32 Å². The molecule has 0 aromatic rings. The molecule has 1 N–H and O–H groups in total. The Morgan fingerprint density at radius 1 is 1.41 bits per heavy atom. The van der Waals surface area contributed by atoms with E-state index in [1.165, 1.54) is 11.3 Å². The van der Waals surface area contributed by atoms with Gasteiger partial charge in [0, 0.05) is 6.04 Å². The van der Waals surface area contributed by atoms with Crippen molar-refractivity contribution in [3.8, 4) is 0 Å². The van der Waals surface area contributed by atoms with Crippen molar-refractivity contribution in [2.45, 2.75) is 55.8 Å². The lowest BCUT2D eigenvalue weighted by Gasteiger charge is -2.26. The summed E-state index contributed by atoms with van der Waals surface area (Å²) in [5.41, 5.74) is 0. The van der Waals surface area contributed by atoms with Gasteiger partial charge in [-0.15, -0.1) is 11.6 Å². The summed E-state index contributed by atoms with van der Waals surface area (Å²) in [5.74, 6) is 0. The summed E-state index contributed by atoms with van der Waals surface area (Å²) in [6, 6.07) is -0.307. The number of thioether (sulfide) groups is 1. The molecule has 2 unspecified atom stereocenters. The normalized spacial score (nSPS) is 30.7. The van der Waals surface area contributed by atoms with Crippen LogP contribution >= 0.6 is 23.4 Å². The highest BCUT2D eigenvalue weighted by atomic mass is 35.5. The van der Waals surface area contributed by atoms with Gasteiger partial charge in [0.05, 0.1) is 6.04 Å². The molecule has 17 heavy (non-hydrogen) atoms. The monoisotopic (exact) mass is 276 g/mol. The van der Waals surface area contributed by atoms with Gasteiger partial charge in [-0.2, -0.15) is 0 Å². The van der Waals surface area contributed by atoms with Crippen LogP contribution in [0.15, 0.2) is 0 Å². The molecule has 0 aromatic carbocycles. The number of alkyl halides is 1. The van der Waals surface area contributed by atoms with Crippen molar-refractivity contribution in [3.63, 3.8) is 0 Å². The lowest BCUT2D eigenvalue weighted by atomic mass is 9.96. The summed E-state index contributed by atoms with van der Waals surface area (Å²) in [4.78, 5) is 24.9. The average Bonchev–Trinajstić information content (AvgIpc) is 2.54. The highest BCUT2D eigenvalue weighted by Gasteiger charge is 2.41. The van der Waals surface area contributed by atoms with Gasteiger partial charge in [-0.25, -0.2) is 9.69 Å². The summed E-state index contributed by atoms with van der Waals surface area (Å²) in [6.45, 7) is 1.80. The lowest BCUT2D eigenvalue weighted by molar-refractivity contribution is 0.186. The fourth-order valence-electron chi connectivity index (χ4n) is 2.29. The van der Waals surface area contributed by atoms with Gasteiger partial charge in [-0.1, -0.05) is 19.3 Å². The number of amides is 3. The molecule has 2 rings (SSSR count). The smallest absolute Gasteiger partial charge is 0.325 e. The Balaban J connectivity index is 1.92. The van der Waals surface area contributed by atoms with Crippen molar-refractivity contribution >= 4 is 34.6 Å². The number of carbonyl (C=O) groups excluding carboxylic acids is 2. The zero-order valence-corrected chi connectivity index (χ0v) is 11.4. The van der Waals surface area contributed by atoms with Gasteiger partial charge in [0.25, 0.3) is 5.24 Å². The van der Waals surface area contributed by atoms with E-state index in [0.717, 1.165) is 37.4 Å². The van der Waals surface area contributed by atoms with Crippen molar-refractivity contribution in [2.24, 2.45) is 0 Å². The minimum Gasteiger partial charge on any atom is -0.335 e. The molecule has 1 aliphatic heterocycles. The Bertz CT molecular complexity index is 321. The van der Waals surface area contributed by atoms with Crippen molar-refractivity contribution in [3.05, 3.63) is 0 Å². The molecule has 6 heteroatoms. The zero-order valence-electron chi connectivity index (χ0n) is 9.82. The first-order valence-corrected chi connectivity index (χ1v) is 7.35. The highest BCUT2D eigenvalue weighted by Crippen LogP contribution is 2.34. The number of rotatable bonds is 1. The summed E-state index contributed by atoms with van der Waals surface area (Å²) < 4.78 is -0.334. The van der Waals surface area contributed by atoms with Gasteiger partial charge in [0.15, 0.2) is 0 Å². The third-order valence-corrected chi connectivity index (χ3v) is 5.00. The Morgan fingerprint density at radius 2 is 2.06 bits per heavy atom. The number of carbonyl (C=O) groups is 2. The van der Waals surface area contributed by atoms with Crippen LogP contribution in [-0.2, 0) is 0 Å². The Kier molecular flexibility index (Phi) is 4.20. The van der Waals surface area contributed by atoms with Crippen LogP contribution in [0.4, 0.5) is 9.59 Å². The van der Waals surface area contributed by atoms with E-state index in [2.05, 4.69) is 5.32 Å². The Labute approximate surface area is 110 Å². The number of nitrogens with zero attached hydrogens (tertiary/aromatic N) is 1. The molecule has 1 heterocycles. The first-order valence-electron chi connectivity index (χ1n) is 6.04. The van der Waals surface area contributed by atoms with Gasteiger partial charge >= 0.3 is 6.03 Å². The van der Waals surface area contributed by atoms with Gasteiger partial charge in [0.2, 0.25) is 0 Å². The van der Waals surface area contributed by atoms with Gasteiger partial charge in [-0.3, -0.25) is 4.79 Å². The third kappa shape index (κ3) is 2.88. The molecule has 1 saturated heterocycles. The third-order valence-electron chi connectivity index (χ3n) is 3.35. The molecule has 96 valence electrons. The minimum absolute atomic E-state index is 0.218. The molecule has 2 atom stereocenters. The fraction of sp³-hybridized carbons (Fsp3) is 0.818. The fourth-order valence-corrected chi connectivity index (χ4v) is 3.51. The molecule has 0 aromatic heterocycles. The number of hydrogen-bond acceptors (Lipinski definition) is 3. The van der Waals surface area contributed by atoms with E-state index in [4.69, 9.17) is 11.6 Å². The van der Waals surface area contributed by atoms with E-state index in [1.807, 2.05) is 0 Å². The lowest BCUT2D eigenvalue weighted by Crippen LogP contribution is -2.48. The minimum atomic E-state index is -0.334. The van der Waals surface area contributed by atoms with Crippen molar-refractivity contribution in [1.82, 2.24) is 10.2 Å². The van der Waals surface area contributed by atoms with Crippen LogP contribution in [0.2, 0.25) is 0 Å². The molecule has 1 aliphatic carbocycles. The molecule has 1 saturated carbocycles. The molecule has 0 radical (unpaired) electrons. The van der Waals surface area contributed by atoms with E-state index in [9.17, 15) is 9.59 Å². The van der Waals surface area contributed by atoms with Crippen LogP contribution in [0.1, 0.15) is 39.0 Å². The van der Waals surface area contributed by atoms with Crippen LogP contribution < -0.4 is 5.32 Å². The van der Waals surface area contributed by atoms with E-state index in [1.54, 1.807) is 6.92 Å². The second kappa shape index (κ2) is 5.48. The Hall–Kier alpha value is -0.420. The summed E-state index contributed by atoms with van der Waals surface area (Å²) >= 11 is 6.98. The molecular weight excluding hydrogens is 260 g/mol. The number of hydrogen-bond donors (Lipinski definition) is 1. The number of urea groups is 1. The largest absolute Gasteiger partial charge is 0.335 e. The quantitative estimate of drug-likeness (QED) is 0.749. The molecule has 2 aliphatic rings. The molecule has 0 spiro atoms. The number of nitrogens with one attached hydrogen (secondary N) is 1. The Morgan fingerprint density at radius 3 is 2.59 bits per heavy atom. The van der Waals surface area contributed by atoms with E-state index in [-0.39, 0.29) is 28.1 Å². The first-order chi connectivity index (χ1) is 8.09. The summed E-state index contributed by atoms with van der Waals surface area (Å²) in [5, 5.41) is 2.69. The van der Waals surface area contributed by atoms with E-state index < -0.39 is 0 Å². The second-order valence-electron chi connectivity index (χ2n) is 4.63. The topological polar surface area (TPSA) is 49.4 Å². The van der Waals surface area contributed by atoms with Crippen LogP contribution in [0, 0.1) is 0 Å². The maximum Gasteiger partial charge on any atom is 0.325 e. The molecule has 3 amide bonds. The maximum atomic E-state index is 12.0. The van der Waals surface area contributed by atoms with Crippen LogP contribution in [0.25, 0.3) is 0 Å². The number of imide groups is 1. The van der Waals surface area contributed by atoms with Crippen LogP contribution in [-0.4, -0.2) is 33.0 Å². The van der Waals surface area contributed by atoms with E-state index >= 15 is 0 Å². The maximum absolute atomic E-state index is 12.0. The molecule has 0 bridgehead atoms. The van der Waals surface area contributed by atoms with Crippen molar-refractivity contribution in [2.75, 3.05) is 0 Å². The molecule has 4 nitrogen and oxygen atoms in total. The average molecular weight is 277 g/mol. The zero-order chi connectivity index (χ0) is 12.4. The number of halogens is 1. The predicted molar refractivity (Wildman–Crippen MR) is 69.3 cm³/mol. The summed E-state index contributed by atoms with van der Waals surface area (Å²) in [7, 11) is 0. The SMILES string of the molecule is CC1C(Cl)SC(=O)N1C(=O)NC1CCCCC1. The molecule has 2 fully saturated rings. The summed E-state index contributed by atoms with van der Waals surface area (Å²) in [6.07, 6.45) is 5.58. The van der Waals surface area contributed by atoms with Crippen LogP contribution in [0.3, 0.4) is 0 Å². The second-order valence-corrected chi connectivity index (χ2v) is 6.45. The van der Waals surface area contributed by atoms with E-state index in [0.29, 0.717) is 0 Å². The standard InChI is InChI=1S/C11H17ClN2O2S/c1-7-9(12)17-11(16)14(7)10(15)13-8-5-3-2-4-6-8/h7-9H,2-6H2,1H3,(H,13,15).